The van der Waals surface area contributed by atoms with Gasteiger partial charge in [-0.3, -0.25) is 4.21 Å². The van der Waals surface area contributed by atoms with E-state index in [1.165, 1.54) is 0 Å². The van der Waals surface area contributed by atoms with Gasteiger partial charge in [0, 0.05) is 22.9 Å². The van der Waals surface area contributed by atoms with Crippen LogP contribution in [-0.4, -0.2) is 35.5 Å². The third kappa shape index (κ3) is 3.47. The lowest BCUT2D eigenvalue weighted by Gasteiger charge is -2.08. The fourth-order valence-electron chi connectivity index (χ4n) is 1.00. The molecule has 4 heteroatoms. The molecule has 0 saturated carbocycles. The minimum atomic E-state index is -0.909. The molecule has 0 heterocycles. The maximum atomic E-state index is 11.7. The molecule has 0 aliphatic rings. The van der Waals surface area contributed by atoms with E-state index in [4.69, 9.17) is 5.73 Å². The molecule has 78 valence electrons. The number of nitrogens with zero attached hydrogens (tertiary/aromatic N) is 1. The van der Waals surface area contributed by atoms with Crippen molar-refractivity contribution in [2.45, 2.75) is 4.90 Å². The summed E-state index contributed by atoms with van der Waals surface area (Å²) in [5, 5.41) is 0. The Morgan fingerprint density at radius 1 is 1.29 bits per heavy atom. The summed E-state index contributed by atoms with van der Waals surface area (Å²) in [6.45, 7) is 0.830. The Morgan fingerprint density at radius 2 is 1.86 bits per heavy atom. The Labute approximate surface area is 87.4 Å². The van der Waals surface area contributed by atoms with E-state index in [0.29, 0.717) is 11.4 Å². The van der Waals surface area contributed by atoms with E-state index in [1.807, 2.05) is 31.1 Å². The molecule has 0 aliphatic carbocycles. The van der Waals surface area contributed by atoms with Crippen molar-refractivity contribution < 1.29 is 4.21 Å². The highest BCUT2D eigenvalue weighted by atomic mass is 32.2. The molecule has 1 aromatic carbocycles. The van der Waals surface area contributed by atoms with Crippen molar-refractivity contribution in [1.82, 2.24) is 4.90 Å². The second kappa shape index (κ2) is 5.12. The monoisotopic (exact) mass is 212 g/mol. The molecule has 0 fully saturated rings. The fraction of sp³-hybridized carbons (Fsp3) is 0.400. The van der Waals surface area contributed by atoms with Crippen molar-refractivity contribution in [2.24, 2.45) is 0 Å². The Balaban J connectivity index is 2.57. The molecule has 0 saturated heterocycles. The average Bonchev–Trinajstić information content (AvgIpc) is 2.15. The second-order valence-electron chi connectivity index (χ2n) is 3.42. The summed E-state index contributed by atoms with van der Waals surface area (Å²) in [6.07, 6.45) is 0. The summed E-state index contributed by atoms with van der Waals surface area (Å²) in [5.74, 6) is 0.664. The number of nitrogen functional groups attached to an aromatic ring is 1. The number of rotatable bonds is 4. The third-order valence-electron chi connectivity index (χ3n) is 1.87. The average molecular weight is 212 g/mol. The van der Waals surface area contributed by atoms with Crippen LogP contribution in [0, 0.1) is 0 Å². The first-order valence-electron chi connectivity index (χ1n) is 4.48. The second-order valence-corrected chi connectivity index (χ2v) is 4.99. The van der Waals surface area contributed by atoms with Crippen molar-refractivity contribution in [3.63, 3.8) is 0 Å². The molecular formula is C10H16N2OS. The minimum Gasteiger partial charge on any atom is -0.399 e. The van der Waals surface area contributed by atoms with Crippen LogP contribution < -0.4 is 5.73 Å². The largest absolute Gasteiger partial charge is 0.399 e. The molecule has 1 unspecified atom stereocenters. The van der Waals surface area contributed by atoms with Crippen LogP contribution in [0.5, 0.6) is 0 Å². The van der Waals surface area contributed by atoms with E-state index in [1.54, 1.807) is 12.1 Å². The van der Waals surface area contributed by atoms with Gasteiger partial charge in [0.15, 0.2) is 0 Å². The van der Waals surface area contributed by atoms with Crippen LogP contribution in [0.4, 0.5) is 5.69 Å². The normalized spacial score (nSPS) is 13.1. The number of anilines is 1. The quantitative estimate of drug-likeness (QED) is 0.755. The standard InChI is InChI=1S/C10H16N2OS/c1-12(2)7-8-14(13)10-5-3-9(11)4-6-10/h3-6H,7-8,11H2,1-2H3. The Hall–Kier alpha value is -0.870. The smallest absolute Gasteiger partial charge is 0.0542 e. The van der Waals surface area contributed by atoms with E-state index in [2.05, 4.69) is 0 Å². The van der Waals surface area contributed by atoms with E-state index < -0.39 is 10.8 Å². The van der Waals surface area contributed by atoms with Gasteiger partial charge in [-0.25, -0.2) is 0 Å². The first kappa shape index (κ1) is 11.2. The summed E-state index contributed by atoms with van der Waals surface area (Å²) in [4.78, 5) is 2.87. The van der Waals surface area contributed by atoms with Crippen molar-refractivity contribution >= 4 is 16.5 Å². The van der Waals surface area contributed by atoms with Crippen LogP contribution in [0.15, 0.2) is 29.2 Å². The summed E-state index contributed by atoms with van der Waals surface area (Å²) in [7, 11) is 3.04. The van der Waals surface area contributed by atoms with Crippen molar-refractivity contribution in [3.8, 4) is 0 Å². The molecule has 0 amide bonds. The molecule has 1 aromatic rings. The Morgan fingerprint density at radius 3 is 2.36 bits per heavy atom. The van der Waals surface area contributed by atoms with Gasteiger partial charge in [-0.1, -0.05) is 0 Å². The molecule has 14 heavy (non-hydrogen) atoms. The van der Waals surface area contributed by atoms with Gasteiger partial charge in [-0.2, -0.15) is 0 Å². The highest BCUT2D eigenvalue weighted by molar-refractivity contribution is 7.85. The van der Waals surface area contributed by atoms with Gasteiger partial charge in [0.25, 0.3) is 0 Å². The first-order valence-corrected chi connectivity index (χ1v) is 5.80. The maximum Gasteiger partial charge on any atom is 0.0542 e. The predicted molar refractivity (Wildman–Crippen MR) is 60.7 cm³/mol. The van der Waals surface area contributed by atoms with Gasteiger partial charge in [0.05, 0.1) is 10.8 Å². The van der Waals surface area contributed by atoms with Gasteiger partial charge in [0.2, 0.25) is 0 Å². The fourth-order valence-corrected chi connectivity index (χ4v) is 2.21. The molecular weight excluding hydrogens is 196 g/mol. The minimum absolute atomic E-state index is 0.664. The summed E-state index contributed by atoms with van der Waals surface area (Å²) >= 11 is 0. The third-order valence-corrected chi connectivity index (χ3v) is 3.22. The van der Waals surface area contributed by atoms with Gasteiger partial charge >= 0.3 is 0 Å². The summed E-state index contributed by atoms with van der Waals surface area (Å²) in [5.41, 5.74) is 6.25. The molecule has 0 radical (unpaired) electrons. The van der Waals surface area contributed by atoms with Crippen LogP contribution in [-0.2, 0) is 10.8 Å². The summed E-state index contributed by atoms with van der Waals surface area (Å²) in [6, 6.07) is 7.20. The van der Waals surface area contributed by atoms with Crippen LogP contribution in [0.1, 0.15) is 0 Å². The van der Waals surface area contributed by atoms with Crippen LogP contribution in [0.25, 0.3) is 0 Å². The van der Waals surface area contributed by atoms with Gasteiger partial charge in [-0.15, -0.1) is 0 Å². The van der Waals surface area contributed by atoms with Crippen molar-refractivity contribution in [2.75, 3.05) is 32.1 Å². The molecule has 1 rings (SSSR count). The highest BCUT2D eigenvalue weighted by Gasteiger charge is 2.03. The zero-order valence-corrected chi connectivity index (χ0v) is 9.38. The lowest BCUT2D eigenvalue weighted by Crippen LogP contribution is -2.18. The zero-order chi connectivity index (χ0) is 10.6. The highest BCUT2D eigenvalue weighted by Crippen LogP contribution is 2.09. The van der Waals surface area contributed by atoms with E-state index in [0.717, 1.165) is 11.4 Å². The lowest BCUT2D eigenvalue weighted by molar-refractivity contribution is 0.435. The van der Waals surface area contributed by atoms with E-state index in [9.17, 15) is 4.21 Å². The number of hydrogen-bond acceptors (Lipinski definition) is 3. The lowest BCUT2D eigenvalue weighted by atomic mass is 10.3. The first-order chi connectivity index (χ1) is 6.59. The van der Waals surface area contributed by atoms with Gasteiger partial charge < -0.3 is 10.6 Å². The van der Waals surface area contributed by atoms with E-state index in [-0.39, 0.29) is 0 Å². The Bertz CT molecular complexity index is 308. The molecule has 1 atom stereocenters. The molecule has 2 N–H and O–H groups in total. The van der Waals surface area contributed by atoms with Crippen LogP contribution in [0.3, 0.4) is 0 Å². The van der Waals surface area contributed by atoms with Gasteiger partial charge in [-0.05, 0) is 38.4 Å². The molecule has 3 nitrogen and oxygen atoms in total. The van der Waals surface area contributed by atoms with E-state index >= 15 is 0 Å². The SMILES string of the molecule is CN(C)CCS(=O)c1ccc(N)cc1. The predicted octanol–water partition coefficient (Wildman–Crippen LogP) is 0.938. The number of hydrogen-bond donors (Lipinski definition) is 1. The Kier molecular flexibility index (Phi) is 4.10. The molecule has 0 aromatic heterocycles. The summed E-state index contributed by atoms with van der Waals surface area (Å²) < 4.78 is 11.7. The van der Waals surface area contributed by atoms with Crippen molar-refractivity contribution in [3.05, 3.63) is 24.3 Å². The van der Waals surface area contributed by atoms with Gasteiger partial charge in [0.1, 0.15) is 0 Å². The van der Waals surface area contributed by atoms with Crippen LogP contribution in [0.2, 0.25) is 0 Å². The number of benzene rings is 1. The molecule has 0 spiro atoms. The topological polar surface area (TPSA) is 46.3 Å². The molecule has 0 aliphatic heterocycles. The zero-order valence-electron chi connectivity index (χ0n) is 8.56. The van der Waals surface area contributed by atoms with Crippen molar-refractivity contribution in [1.29, 1.82) is 0 Å². The maximum absolute atomic E-state index is 11.7. The van der Waals surface area contributed by atoms with Crippen LogP contribution >= 0.6 is 0 Å². The molecule has 0 bridgehead atoms. The number of nitrogens with two attached hydrogens (primary N) is 1.